The quantitative estimate of drug-likeness (QED) is 0.425. The molecule has 3 unspecified atom stereocenters. The molecule has 0 aromatic rings. The molecular weight excluding hydrogens is 192 g/mol. The molecule has 0 N–H and O–H groups in total. The van der Waals surface area contributed by atoms with Crippen LogP contribution in [-0.4, -0.2) is 0 Å². The van der Waals surface area contributed by atoms with Crippen molar-refractivity contribution < 1.29 is 0 Å². The summed E-state index contributed by atoms with van der Waals surface area (Å²) in [7, 11) is 0. The molecule has 0 heteroatoms. The summed E-state index contributed by atoms with van der Waals surface area (Å²) in [6.45, 7) is 11.9. The minimum atomic E-state index is 0.922. The van der Waals surface area contributed by atoms with Crippen molar-refractivity contribution in [3.8, 4) is 0 Å². The van der Waals surface area contributed by atoms with Crippen molar-refractivity contribution in [2.45, 2.75) is 86.0 Å². The van der Waals surface area contributed by atoms with Gasteiger partial charge in [0.25, 0.3) is 0 Å². The van der Waals surface area contributed by atoms with Crippen molar-refractivity contribution in [2.24, 2.45) is 17.8 Å². The maximum absolute atomic E-state index is 2.48. The van der Waals surface area contributed by atoms with E-state index in [0.29, 0.717) is 0 Å². The number of hydrogen-bond donors (Lipinski definition) is 0. The van der Waals surface area contributed by atoms with Gasteiger partial charge in [0.2, 0.25) is 0 Å². The zero-order valence-corrected chi connectivity index (χ0v) is 12.4. The highest BCUT2D eigenvalue weighted by atomic mass is 14.2. The summed E-state index contributed by atoms with van der Waals surface area (Å²) in [5.74, 6) is 2.85. The van der Waals surface area contributed by atoms with Gasteiger partial charge in [0, 0.05) is 0 Å². The molecule has 0 aliphatic rings. The Bertz CT molecular complexity index is 139. The summed E-state index contributed by atoms with van der Waals surface area (Å²) in [6, 6.07) is 0. The van der Waals surface area contributed by atoms with Crippen LogP contribution in [0.3, 0.4) is 0 Å². The molecule has 0 amide bonds. The second-order valence-corrected chi connectivity index (χ2v) is 5.77. The number of hydrogen-bond acceptors (Lipinski definition) is 0. The highest BCUT2D eigenvalue weighted by Crippen LogP contribution is 2.30. The van der Waals surface area contributed by atoms with Gasteiger partial charge in [-0.3, -0.25) is 0 Å². The van der Waals surface area contributed by atoms with E-state index in [2.05, 4.69) is 34.6 Å². The van der Waals surface area contributed by atoms with Crippen LogP contribution in [0.4, 0.5) is 0 Å². The first kappa shape index (κ1) is 16.0. The molecule has 0 bridgehead atoms. The van der Waals surface area contributed by atoms with E-state index in [1.807, 2.05) is 0 Å². The molecule has 0 aromatic carbocycles. The summed E-state index contributed by atoms with van der Waals surface area (Å²) in [6.07, 6.45) is 11.3. The van der Waals surface area contributed by atoms with E-state index in [9.17, 15) is 0 Å². The first-order valence-electron chi connectivity index (χ1n) is 7.65. The van der Waals surface area contributed by atoms with E-state index in [1.54, 1.807) is 0 Å². The standard InChI is InChI=1S/C16H34/c1-6-9-11-15(5)16(12-10-7-2)13-14(4)8-3/h14-16H,6-13H2,1-5H3. The Morgan fingerprint density at radius 2 is 1.38 bits per heavy atom. The van der Waals surface area contributed by atoms with Gasteiger partial charge < -0.3 is 0 Å². The summed E-state index contributed by atoms with van der Waals surface area (Å²) >= 11 is 0. The van der Waals surface area contributed by atoms with Crippen LogP contribution in [0.5, 0.6) is 0 Å². The lowest BCUT2D eigenvalue weighted by molar-refractivity contribution is 0.250. The summed E-state index contributed by atoms with van der Waals surface area (Å²) < 4.78 is 0. The molecule has 0 rings (SSSR count). The van der Waals surface area contributed by atoms with Crippen LogP contribution in [0, 0.1) is 17.8 Å². The molecule has 0 aliphatic heterocycles. The summed E-state index contributed by atoms with van der Waals surface area (Å²) in [5, 5.41) is 0. The Morgan fingerprint density at radius 3 is 1.88 bits per heavy atom. The van der Waals surface area contributed by atoms with Gasteiger partial charge >= 0.3 is 0 Å². The molecule has 0 spiro atoms. The van der Waals surface area contributed by atoms with E-state index >= 15 is 0 Å². The first-order chi connectivity index (χ1) is 7.65. The molecule has 0 aliphatic carbocycles. The Morgan fingerprint density at radius 1 is 0.812 bits per heavy atom. The minimum Gasteiger partial charge on any atom is -0.0654 e. The second-order valence-electron chi connectivity index (χ2n) is 5.77. The highest BCUT2D eigenvalue weighted by molar-refractivity contribution is 4.69. The zero-order chi connectivity index (χ0) is 12.4. The van der Waals surface area contributed by atoms with Crippen LogP contribution >= 0.6 is 0 Å². The normalized spacial score (nSPS) is 17.1. The smallest absolute Gasteiger partial charge is 0.0386 e. The predicted molar refractivity (Wildman–Crippen MR) is 75.8 cm³/mol. The van der Waals surface area contributed by atoms with E-state index in [4.69, 9.17) is 0 Å². The van der Waals surface area contributed by atoms with Gasteiger partial charge in [-0.25, -0.2) is 0 Å². The van der Waals surface area contributed by atoms with E-state index in [0.717, 1.165) is 17.8 Å². The zero-order valence-electron chi connectivity index (χ0n) is 12.4. The van der Waals surface area contributed by atoms with Crippen LogP contribution in [0.25, 0.3) is 0 Å². The van der Waals surface area contributed by atoms with Crippen LogP contribution in [-0.2, 0) is 0 Å². The molecule has 0 saturated carbocycles. The fourth-order valence-corrected chi connectivity index (χ4v) is 2.55. The third kappa shape index (κ3) is 7.30. The molecule has 98 valence electrons. The molecule has 0 nitrogen and oxygen atoms in total. The molecular formula is C16H34. The predicted octanol–water partition coefficient (Wildman–Crippen LogP) is 6.06. The number of rotatable bonds is 10. The summed E-state index contributed by atoms with van der Waals surface area (Å²) in [4.78, 5) is 0. The van der Waals surface area contributed by atoms with Crippen molar-refractivity contribution in [1.29, 1.82) is 0 Å². The molecule has 0 saturated heterocycles. The highest BCUT2D eigenvalue weighted by Gasteiger charge is 2.18. The molecule has 0 fully saturated rings. The third-order valence-electron chi connectivity index (χ3n) is 4.15. The maximum atomic E-state index is 2.48. The van der Waals surface area contributed by atoms with Crippen molar-refractivity contribution in [3.63, 3.8) is 0 Å². The molecule has 0 aromatic heterocycles. The second kappa shape index (κ2) is 10.2. The fraction of sp³-hybridized carbons (Fsp3) is 1.00. The number of unbranched alkanes of at least 4 members (excludes halogenated alkanes) is 2. The maximum Gasteiger partial charge on any atom is -0.0386 e. The van der Waals surface area contributed by atoms with Gasteiger partial charge in [0.05, 0.1) is 0 Å². The molecule has 0 radical (unpaired) electrons. The Balaban J connectivity index is 4.05. The minimum absolute atomic E-state index is 0.922. The van der Waals surface area contributed by atoms with Crippen LogP contribution in [0.2, 0.25) is 0 Å². The van der Waals surface area contributed by atoms with Crippen LogP contribution < -0.4 is 0 Å². The average Bonchev–Trinajstić information content (AvgIpc) is 2.30. The van der Waals surface area contributed by atoms with Crippen molar-refractivity contribution in [1.82, 2.24) is 0 Å². The molecule has 0 heterocycles. The lowest BCUT2D eigenvalue weighted by Crippen LogP contribution is -2.15. The van der Waals surface area contributed by atoms with Gasteiger partial charge in [-0.05, 0) is 24.2 Å². The Kier molecular flexibility index (Phi) is 10.2. The monoisotopic (exact) mass is 226 g/mol. The SMILES string of the molecule is CCCCC(C)C(CCCC)CC(C)CC. The van der Waals surface area contributed by atoms with Crippen molar-refractivity contribution in [2.75, 3.05) is 0 Å². The van der Waals surface area contributed by atoms with E-state index in [-0.39, 0.29) is 0 Å². The Labute approximate surface area is 104 Å². The van der Waals surface area contributed by atoms with Crippen LogP contribution in [0.15, 0.2) is 0 Å². The Hall–Kier alpha value is 0. The van der Waals surface area contributed by atoms with Crippen molar-refractivity contribution in [3.05, 3.63) is 0 Å². The topological polar surface area (TPSA) is 0 Å². The van der Waals surface area contributed by atoms with E-state index < -0.39 is 0 Å². The first-order valence-corrected chi connectivity index (χ1v) is 7.65. The van der Waals surface area contributed by atoms with E-state index in [1.165, 1.54) is 51.4 Å². The van der Waals surface area contributed by atoms with Gasteiger partial charge in [-0.1, -0.05) is 79.6 Å². The fourth-order valence-electron chi connectivity index (χ4n) is 2.55. The van der Waals surface area contributed by atoms with Gasteiger partial charge in [-0.2, -0.15) is 0 Å². The molecule has 16 heavy (non-hydrogen) atoms. The molecule has 3 atom stereocenters. The lowest BCUT2D eigenvalue weighted by atomic mass is 9.80. The lowest BCUT2D eigenvalue weighted by Gasteiger charge is -2.26. The van der Waals surface area contributed by atoms with Gasteiger partial charge in [0.1, 0.15) is 0 Å². The van der Waals surface area contributed by atoms with Crippen molar-refractivity contribution >= 4 is 0 Å². The van der Waals surface area contributed by atoms with Crippen LogP contribution in [0.1, 0.15) is 86.0 Å². The largest absolute Gasteiger partial charge is 0.0654 e. The summed E-state index contributed by atoms with van der Waals surface area (Å²) in [5.41, 5.74) is 0. The average molecular weight is 226 g/mol. The van der Waals surface area contributed by atoms with Gasteiger partial charge in [0.15, 0.2) is 0 Å². The van der Waals surface area contributed by atoms with Gasteiger partial charge in [-0.15, -0.1) is 0 Å². The third-order valence-corrected chi connectivity index (χ3v) is 4.15.